The van der Waals surface area contributed by atoms with Gasteiger partial charge in [0.15, 0.2) is 0 Å². The van der Waals surface area contributed by atoms with Crippen molar-refractivity contribution < 1.29 is 0 Å². The number of thiol groups is 1. The van der Waals surface area contributed by atoms with Crippen LogP contribution in [0.25, 0.3) is 0 Å². The molecule has 1 heterocycles. The first kappa shape index (κ1) is 9.95. The Morgan fingerprint density at radius 2 is 2.18 bits per heavy atom. The molecule has 0 bridgehead atoms. The Bertz CT molecular complexity index is 208. The predicted octanol–water partition coefficient (Wildman–Crippen LogP) is 3.29. The van der Waals surface area contributed by atoms with Gasteiger partial charge in [0.2, 0.25) is 0 Å². The van der Waals surface area contributed by atoms with Gasteiger partial charge >= 0.3 is 79.4 Å². The molecule has 1 unspecified atom stereocenters. The van der Waals surface area contributed by atoms with Crippen LogP contribution in [0.15, 0.2) is 10.7 Å². The molecule has 0 saturated carbocycles. The van der Waals surface area contributed by atoms with Gasteiger partial charge in [-0.3, -0.25) is 0 Å². The first-order valence-corrected chi connectivity index (χ1v) is 9.07. The maximum atomic E-state index is 4.45. The molecule has 0 saturated heterocycles. The van der Waals surface area contributed by atoms with Crippen molar-refractivity contribution in [1.82, 2.24) is 0 Å². The third-order valence-electron chi connectivity index (χ3n) is 2.80. The number of hydrogen-bond donors (Lipinski definition) is 1. The molecular formula is C8H17PS2. The summed E-state index contributed by atoms with van der Waals surface area (Å²) in [5.74, 6) is 2.43. The fourth-order valence-electron chi connectivity index (χ4n) is 1.64. The van der Waals surface area contributed by atoms with E-state index in [1.54, 1.807) is 0 Å². The molecule has 0 aromatic rings. The second-order valence-electron chi connectivity index (χ2n) is 4.08. The summed E-state index contributed by atoms with van der Waals surface area (Å²) in [7, 11) is 0. The molecular weight excluding hydrogens is 191 g/mol. The van der Waals surface area contributed by atoms with Gasteiger partial charge in [0.1, 0.15) is 0 Å². The zero-order valence-corrected chi connectivity index (χ0v) is 10.3. The van der Waals surface area contributed by atoms with Crippen molar-refractivity contribution in [2.24, 2.45) is 0 Å². The minimum atomic E-state index is -1.40. The molecule has 1 aliphatic rings. The van der Waals surface area contributed by atoms with Crippen LogP contribution in [-0.4, -0.2) is 30.7 Å². The Balaban J connectivity index is 2.94. The summed E-state index contributed by atoms with van der Waals surface area (Å²) in [6.45, 7) is 5.80. The fourth-order valence-corrected chi connectivity index (χ4v) is 10.4. The summed E-state index contributed by atoms with van der Waals surface area (Å²) in [4.78, 5) is 2.04. The zero-order valence-electron chi connectivity index (χ0n) is 7.66. The first-order chi connectivity index (χ1) is 4.93. The van der Waals surface area contributed by atoms with Crippen molar-refractivity contribution in [2.45, 2.75) is 11.9 Å². The molecule has 66 valence electrons. The van der Waals surface area contributed by atoms with Crippen LogP contribution in [0.4, 0.5) is 0 Å². The summed E-state index contributed by atoms with van der Waals surface area (Å²) >= 11 is 6.42. The van der Waals surface area contributed by atoms with Crippen molar-refractivity contribution >= 4 is 31.0 Å². The summed E-state index contributed by atoms with van der Waals surface area (Å²) < 4.78 is 0. The Kier molecular flexibility index (Phi) is 2.43. The number of rotatable bonds is 2. The van der Waals surface area contributed by atoms with Crippen LogP contribution in [0.5, 0.6) is 0 Å². The molecule has 0 aromatic carbocycles. The summed E-state index contributed by atoms with van der Waals surface area (Å²) in [5.41, 5.74) is 0. The van der Waals surface area contributed by atoms with E-state index < -0.39 is 6.60 Å². The Morgan fingerprint density at radius 1 is 1.64 bits per heavy atom. The van der Waals surface area contributed by atoms with Crippen LogP contribution in [0, 0.1) is 0 Å². The molecule has 0 radical (unpaired) electrons. The third-order valence-corrected chi connectivity index (χ3v) is 12.1. The van der Waals surface area contributed by atoms with E-state index in [9.17, 15) is 0 Å². The molecule has 1 rings (SSSR count). The van der Waals surface area contributed by atoms with E-state index in [4.69, 9.17) is 0 Å². The number of hydrogen-bond acceptors (Lipinski definition) is 2. The van der Waals surface area contributed by atoms with Crippen molar-refractivity contribution in [3.63, 3.8) is 0 Å². The van der Waals surface area contributed by atoms with Crippen LogP contribution >= 0.6 is 31.0 Å². The Hall–Kier alpha value is 0.870. The average molecular weight is 208 g/mol. The summed E-state index contributed by atoms with van der Waals surface area (Å²) in [6.07, 6.45) is 3.51. The summed E-state index contributed by atoms with van der Waals surface area (Å²) in [5, 5.41) is 0. The van der Waals surface area contributed by atoms with E-state index in [0.29, 0.717) is 0 Å². The van der Waals surface area contributed by atoms with Crippen LogP contribution < -0.4 is 0 Å². The molecule has 0 aliphatic carbocycles. The second kappa shape index (κ2) is 2.68. The molecule has 0 aromatic heterocycles. The Labute approximate surface area is 79.5 Å². The summed E-state index contributed by atoms with van der Waals surface area (Å²) in [6, 6.07) is 0. The van der Waals surface area contributed by atoms with Gasteiger partial charge in [0.05, 0.1) is 0 Å². The molecule has 1 aliphatic heterocycles. The monoisotopic (exact) mass is 208 g/mol. The van der Waals surface area contributed by atoms with Crippen LogP contribution in [0.1, 0.15) is 6.92 Å². The molecule has 0 spiro atoms. The quantitative estimate of drug-likeness (QED) is 0.536. The van der Waals surface area contributed by atoms with Crippen LogP contribution in [0.3, 0.4) is 0 Å². The van der Waals surface area contributed by atoms with Crippen molar-refractivity contribution in [2.75, 3.05) is 25.7 Å². The van der Waals surface area contributed by atoms with Gasteiger partial charge in [-0.25, -0.2) is 0 Å². The molecule has 1 atom stereocenters. The second-order valence-corrected chi connectivity index (χ2v) is 12.6. The van der Waals surface area contributed by atoms with Crippen LogP contribution in [0.2, 0.25) is 0 Å². The van der Waals surface area contributed by atoms with E-state index in [1.807, 2.05) is 11.8 Å². The standard InChI is InChI=1S/C8H17PS2/c1-5-9(2,3)6-7(10)8(9)11-4/h6,8,10H,5H2,1-4H3. The van der Waals surface area contributed by atoms with Crippen molar-refractivity contribution in [3.8, 4) is 0 Å². The number of thioether (sulfide) groups is 1. The van der Waals surface area contributed by atoms with E-state index in [0.717, 1.165) is 4.99 Å². The van der Waals surface area contributed by atoms with E-state index in [2.05, 4.69) is 45.0 Å². The average Bonchev–Trinajstić information content (AvgIpc) is 1.87. The van der Waals surface area contributed by atoms with E-state index in [1.165, 1.54) is 11.1 Å². The fraction of sp³-hybridized carbons (Fsp3) is 0.750. The predicted molar refractivity (Wildman–Crippen MR) is 63.7 cm³/mol. The minimum absolute atomic E-state index is 0.731. The van der Waals surface area contributed by atoms with Gasteiger partial charge in [0.25, 0.3) is 0 Å². The van der Waals surface area contributed by atoms with E-state index >= 15 is 0 Å². The van der Waals surface area contributed by atoms with Crippen molar-refractivity contribution in [1.29, 1.82) is 0 Å². The normalized spacial score (nSPS) is 36.3. The topological polar surface area (TPSA) is 0 Å². The molecule has 0 amide bonds. The molecule has 0 fully saturated rings. The molecule has 0 nitrogen and oxygen atoms in total. The van der Waals surface area contributed by atoms with Gasteiger partial charge in [-0.1, -0.05) is 0 Å². The van der Waals surface area contributed by atoms with Gasteiger partial charge in [0, 0.05) is 0 Å². The van der Waals surface area contributed by atoms with Crippen LogP contribution in [-0.2, 0) is 0 Å². The SMILES string of the molecule is CCP1(C)(C)C=C(S)C1SC. The van der Waals surface area contributed by atoms with Crippen molar-refractivity contribution in [3.05, 3.63) is 10.7 Å². The molecule has 3 heteroatoms. The van der Waals surface area contributed by atoms with Gasteiger partial charge in [-0.2, -0.15) is 0 Å². The third kappa shape index (κ3) is 1.38. The molecule has 11 heavy (non-hydrogen) atoms. The van der Waals surface area contributed by atoms with E-state index in [-0.39, 0.29) is 0 Å². The molecule has 0 N–H and O–H groups in total. The Morgan fingerprint density at radius 3 is 2.36 bits per heavy atom. The van der Waals surface area contributed by atoms with Gasteiger partial charge < -0.3 is 0 Å². The van der Waals surface area contributed by atoms with Gasteiger partial charge in [-0.15, -0.1) is 0 Å². The van der Waals surface area contributed by atoms with Gasteiger partial charge in [-0.05, 0) is 0 Å². The maximum absolute atomic E-state index is 4.45. The first-order valence-electron chi connectivity index (χ1n) is 3.88. The zero-order chi connectivity index (χ0) is 8.72.